The molecule has 2 aromatic rings. The molecule has 0 aromatic heterocycles. The maximum atomic E-state index is 12.9. The van der Waals surface area contributed by atoms with Gasteiger partial charge in [-0.15, -0.1) is 0 Å². The van der Waals surface area contributed by atoms with E-state index in [0.717, 1.165) is 11.3 Å². The predicted molar refractivity (Wildman–Crippen MR) is 105 cm³/mol. The highest BCUT2D eigenvalue weighted by Gasteiger charge is 2.40. The first kappa shape index (κ1) is 18.4. The second kappa shape index (κ2) is 6.57. The lowest BCUT2D eigenvalue weighted by Crippen LogP contribution is -2.52. The van der Waals surface area contributed by atoms with E-state index in [-0.39, 0.29) is 23.7 Å². The van der Waals surface area contributed by atoms with Crippen LogP contribution in [0.3, 0.4) is 0 Å². The standard InChI is InChI=1S/C18H19N5O4S/c19-17-15-3-1-2-4-16(15)20-18(21-17)9-11-22(12-10-18)28(26,27)14-7-5-13(6-8-14)23(24)25/h1-8,20H,9-12H2,(H2,19,21). The van der Waals surface area contributed by atoms with Crippen LogP contribution >= 0.6 is 0 Å². The minimum Gasteiger partial charge on any atom is -0.383 e. The summed E-state index contributed by atoms with van der Waals surface area (Å²) in [6.45, 7) is 0.538. The molecule has 0 saturated carbocycles. The normalized spacial score (nSPS) is 18.8. The van der Waals surface area contributed by atoms with E-state index >= 15 is 0 Å². The number of benzene rings is 2. The summed E-state index contributed by atoms with van der Waals surface area (Å²) in [7, 11) is -3.73. The largest absolute Gasteiger partial charge is 0.383 e. The SMILES string of the molecule is NC1=NC2(CCN(S(=O)(=O)c3ccc([N+](=O)[O-])cc3)CC2)Nc2ccccc21. The number of fused-ring (bicyclic) bond motifs is 1. The van der Waals surface area contributed by atoms with Gasteiger partial charge in [0.05, 0.1) is 9.82 Å². The van der Waals surface area contributed by atoms with Gasteiger partial charge in [0, 0.05) is 49.3 Å². The van der Waals surface area contributed by atoms with Gasteiger partial charge >= 0.3 is 0 Å². The first-order valence-electron chi connectivity index (χ1n) is 8.78. The Morgan fingerprint density at radius 2 is 1.75 bits per heavy atom. The molecular formula is C18H19N5O4S. The average molecular weight is 401 g/mol. The third kappa shape index (κ3) is 3.10. The van der Waals surface area contributed by atoms with Gasteiger partial charge in [0.25, 0.3) is 5.69 Å². The Hall–Kier alpha value is -2.98. The monoisotopic (exact) mass is 401 g/mol. The summed E-state index contributed by atoms with van der Waals surface area (Å²) in [5.41, 5.74) is 7.09. The van der Waals surface area contributed by atoms with Crippen molar-refractivity contribution in [1.29, 1.82) is 0 Å². The topological polar surface area (TPSA) is 131 Å². The molecule has 2 aliphatic rings. The zero-order valence-corrected chi connectivity index (χ0v) is 15.7. The summed E-state index contributed by atoms with van der Waals surface area (Å²) >= 11 is 0. The number of nitrogens with one attached hydrogen (secondary N) is 1. The number of para-hydroxylation sites is 1. The molecule has 0 radical (unpaired) electrons. The quantitative estimate of drug-likeness (QED) is 0.597. The Kier molecular flexibility index (Phi) is 4.31. The van der Waals surface area contributed by atoms with Crippen LogP contribution in [0.15, 0.2) is 58.4 Å². The molecule has 0 unspecified atom stereocenters. The average Bonchev–Trinajstić information content (AvgIpc) is 2.68. The van der Waals surface area contributed by atoms with Gasteiger partial charge in [-0.3, -0.25) is 10.1 Å². The Morgan fingerprint density at radius 3 is 2.39 bits per heavy atom. The van der Waals surface area contributed by atoms with Crippen molar-refractivity contribution >= 4 is 27.2 Å². The predicted octanol–water partition coefficient (Wildman–Crippen LogP) is 1.91. The third-order valence-corrected chi connectivity index (χ3v) is 7.05. The second-order valence-electron chi connectivity index (χ2n) is 6.85. The second-order valence-corrected chi connectivity index (χ2v) is 8.79. The summed E-state index contributed by atoms with van der Waals surface area (Å²) in [5, 5.41) is 14.2. The number of hydrogen-bond acceptors (Lipinski definition) is 7. The summed E-state index contributed by atoms with van der Waals surface area (Å²) in [6, 6.07) is 12.5. The van der Waals surface area contributed by atoms with Crippen LogP contribution in [0.4, 0.5) is 11.4 Å². The van der Waals surface area contributed by atoms with Crippen molar-refractivity contribution in [3.8, 4) is 0 Å². The van der Waals surface area contributed by atoms with E-state index in [2.05, 4.69) is 10.3 Å². The molecule has 2 heterocycles. The van der Waals surface area contributed by atoms with Crippen LogP contribution in [0.5, 0.6) is 0 Å². The van der Waals surface area contributed by atoms with Gasteiger partial charge < -0.3 is 11.1 Å². The van der Waals surface area contributed by atoms with E-state index in [1.807, 2.05) is 24.3 Å². The van der Waals surface area contributed by atoms with E-state index in [1.54, 1.807) is 0 Å². The lowest BCUT2D eigenvalue weighted by Gasteiger charge is -2.42. The fraction of sp³-hybridized carbons (Fsp3) is 0.278. The van der Waals surface area contributed by atoms with Gasteiger partial charge in [0.15, 0.2) is 0 Å². The number of rotatable bonds is 3. The molecule has 0 amide bonds. The van der Waals surface area contributed by atoms with E-state index in [1.165, 1.54) is 28.6 Å². The van der Waals surface area contributed by atoms with Gasteiger partial charge in [-0.2, -0.15) is 4.31 Å². The van der Waals surface area contributed by atoms with Gasteiger partial charge in [-0.1, -0.05) is 12.1 Å². The molecule has 0 aliphatic carbocycles. The fourth-order valence-electron chi connectivity index (χ4n) is 3.61. The number of sulfonamides is 1. The van der Waals surface area contributed by atoms with Gasteiger partial charge in [-0.05, 0) is 24.3 Å². The van der Waals surface area contributed by atoms with Crippen molar-refractivity contribution in [2.45, 2.75) is 23.4 Å². The highest BCUT2D eigenvalue weighted by atomic mass is 32.2. The van der Waals surface area contributed by atoms with Crippen LogP contribution < -0.4 is 11.1 Å². The molecule has 1 saturated heterocycles. The third-order valence-electron chi connectivity index (χ3n) is 5.14. The van der Waals surface area contributed by atoms with Crippen LogP contribution in [-0.4, -0.2) is 42.2 Å². The van der Waals surface area contributed by atoms with Crippen LogP contribution in [0.25, 0.3) is 0 Å². The summed E-state index contributed by atoms with van der Waals surface area (Å²) < 4.78 is 27.1. The molecule has 146 valence electrons. The molecule has 2 aromatic carbocycles. The molecule has 1 fully saturated rings. The van der Waals surface area contributed by atoms with E-state index in [9.17, 15) is 18.5 Å². The summed E-state index contributed by atoms with van der Waals surface area (Å²) in [4.78, 5) is 14.9. The van der Waals surface area contributed by atoms with Crippen molar-refractivity contribution in [1.82, 2.24) is 4.31 Å². The number of aliphatic imine (C=N–C) groups is 1. The highest BCUT2D eigenvalue weighted by Crippen LogP contribution is 2.35. The minimum atomic E-state index is -3.73. The number of anilines is 1. The Balaban J connectivity index is 1.53. The lowest BCUT2D eigenvalue weighted by molar-refractivity contribution is -0.384. The Bertz CT molecular complexity index is 1060. The smallest absolute Gasteiger partial charge is 0.269 e. The van der Waals surface area contributed by atoms with Crippen molar-refractivity contribution < 1.29 is 13.3 Å². The molecule has 9 nitrogen and oxygen atoms in total. The number of amidine groups is 1. The lowest BCUT2D eigenvalue weighted by atomic mass is 9.95. The Morgan fingerprint density at radius 1 is 1.11 bits per heavy atom. The van der Waals surface area contributed by atoms with E-state index in [4.69, 9.17) is 5.73 Å². The first-order chi connectivity index (χ1) is 13.3. The van der Waals surface area contributed by atoms with Gasteiger partial charge in [-0.25, -0.2) is 13.4 Å². The first-order valence-corrected chi connectivity index (χ1v) is 10.2. The van der Waals surface area contributed by atoms with Crippen molar-refractivity contribution in [2.24, 2.45) is 10.7 Å². The van der Waals surface area contributed by atoms with E-state index in [0.29, 0.717) is 18.7 Å². The van der Waals surface area contributed by atoms with Crippen LogP contribution in [-0.2, 0) is 10.0 Å². The number of nitro groups is 1. The molecule has 10 heteroatoms. The number of nitrogens with zero attached hydrogens (tertiary/aromatic N) is 3. The number of nitrogens with two attached hydrogens (primary N) is 1. The molecule has 1 spiro atoms. The van der Waals surface area contributed by atoms with Crippen LogP contribution in [0.2, 0.25) is 0 Å². The van der Waals surface area contributed by atoms with Crippen LogP contribution in [0.1, 0.15) is 18.4 Å². The molecule has 28 heavy (non-hydrogen) atoms. The molecule has 4 rings (SSSR count). The number of nitro benzene ring substituents is 1. The highest BCUT2D eigenvalue weighted by molar-refractivity contribution is 7.89. The summed E-state index contributed by atoms with van der Waals surface area (Å²) in [6.07, 6.45) is 0.933. The van der Waals surface area contributed by atoms with E-state index < -0.39 is 20.6 Å². The minimum absolute atomic E-state index is 0.0408. The molecule has 3 N–H and O–H groups in total. The summed E-state index contributed by atoms with van der Waals surface area (Å²) in [5.74, 6) is 0.445. The zero-order valence-electron chi connectivity index (χ0n) is 14.9. The maximum absolute atomic E-state index is 12.9. The van der Waals surface area contributed by atoms with Gasteiger partial charge in [0.2, 0.25) is 10.0 Å². The van der Waals surface area contributed by atoms with Crippen molar-refractivity contribution in [2.75, 3.05) is 18.4 Å². The van der Waals surface area contributed by atoms with Crippen LogP contribution in [0, 0.1) is 10.1 Å². The molecule has 2 aliphatic heterocycles. The van der Waals surface area contributed by atoms with Crippen molar-refractivity contribution in [3.63, 3.8) is 0 Å². The Labute approximate surface area is 162 Å². The van der Waals surface area contributed by atoms with Gasteiger partial charge in [0.1, 0.15) is 11.5 Å². The zero-order chi connectivity index (χ0) is 19.9. The molecule has 0 bridgehead atoms. The molecule has 0 atom stereocenters. The number of hydrogen-bond donors (Lipinski definition) is 2. The number of piperidine rings is 1. The fourth-order valence-corrected chi connectivity index (χ4v) is 5.05. The molecular weight excluding hydrogens is 382 g/mol. The maximum Gasteiger partial charge on any atom is 0.269 e. The number of non-ortho nitro benzene ring substituents is 1. The van der Waals surface area contributed by atoms with Crippen molar-refractivity contribution in [3.05, 3.63) is 64.2 Å².